The molecule has 0 amide bonds. The van der Waals surface area contributed by atoms with Gasteiger partial charge in [-0.05, 0) is 109 Å². The SMILES string of the molecule is CC/C=C\C/C=C\C/C=C\C/C=C\C/C=C\C/C=C\C/C=C\CCCCCCCCCCCCCCCC(=O)OC(COC(=O)CCCCCCCCCCCCCCCCCC/C=C\C/C=C\C/C=C\C/C=C\CC)COP(=O)(O)OCCN. The Hall–Kier alpha value is -3.85. The molecule has 486 valence electrons. The number of hydrogen-bond donors (Lipinski definition) is 2. The average molecular weight is 1200 g/mol. The molecule has 0 aromatic carbocycles. The molecule has 0 spiro atoms. The lowest BCUT2D eigenvalue weighted by Gasteiger charge is -2.19. The van der Waals surface area contributed by atoms with Crippen molar-refractivity contribution in [3.8, 4) is 0 Å². The first kappa shape index (κ1) is 81.2. The molecule has 3 N–H and O–H groups in total. The van der Waals surface area contributed by atoms with E-state index < -0.39 is 26.5 Å². The fraction of sp³-hybridized carbons (Fsp3) is 0.680. The molecule has 0 saturated heterocycles. The second-order valence-electron chi connectivity index (χ2n) is 22.6. The van der Waals surface area contributed by atoms with Crippen molar-refractivity contribution in [3.63, 3.8) is 0 Å². The van der Waals surface area contributed by atoms with E-state index in [2.05, 4.69) is 148 Å². The monoisotopic (exact) mass is 1200 g/mol. The molecule has 0 heterocycles. The summed E-state index contributed by atoms with van der Waals surface area (Å²) in [6, 6.07) is 0. The molecule has 10 heteroatoms. The van der Waals surface area contributed by atoms with Crippen LogP contribution in [0.25, 0.3) is 0 Å². The lowest BCUT2D eigenvalue weighted by Crippen LogP contribution is -2.29. The van der Waals surface area contributed by atoms with Crippen molar-refractivity contribution in [2.45, 2.75) is 302 Å². The molecule has 0 fully saturated rings. The first-order chi connectivity index (χ1) is 41.8. The molecule has 0 aliphatic carbocycles. The number of allylic oxidation sites excluding steroid dienone is 22. The van der Waals surface area contributed by atoms with Gasteiger partial charge in [-0.25, -0.2) is 4.57 Å². The highest BCUT2D eigenvalue weighted by Crippen LogP contribution is 2.43. The molecule has 0 aliphatic rings. The molecular formula is C75H128NO8P. The van der Waals surface area contributed by atoms with Crippen LogP contribution in [0.15, 0.2) is 134 Å². The van der Waals surface area contributed by atoms with Crippen LogP contribution in [0, 0.1) is 0 Å². The van der Waals surface area contributed by atoms with Gasteiger partial charge in [-0.15, -0.1) is 0 Å². The van der Waals surface area contributed by atoms with Crippen molar-refractivity contribution >= 4 is 19.8 Å². The van der Waals surface area contributed by atoms with Gasteiger partial charge in [-0.2, -0.15) is 0 Å². The summed E-state index contributed by atoms with van der Waals surface area (Å²) < 4.78 is 33.2. The van der Waals surface area contributed by atoms with Crippen LogP contribution in [0.2, 0.25) is 0 Å². The summed E-state index contributed by atoms with van der Waals surface area (Å²) in [6.45, 7) is 3.54. The maximum Gasteiger partial charge on any atom is 0.472 e. The number of carbonyl (C=O) groups is 2. The highest BCUT2D eigenvalue weighted by Gasteiger charge is 2.26. The van der Waals surface area contributed by atoms with E-state index in [1.54, 1.807) is 0 Å². The van der Waals surface area contributed by atoms with E-state index in [1.165, 1.54) is 154 Å². The number of esters is 2. The largest absolute Gasteiger partial charge is 0.472 e. The first-order valence-corrected chi connectivity index (χ1v) is 36.2. The zero-order chi connectivity index (χ0) is 61.6. The van der Waals surface area contributed by atoms with Gasteiger partial charge < -0.3 is 20.1 Å². The molecule has 0 aliphatic heterocycles. The van der Waals surface area contributed by atoms with Gasteiger partial charge in [0.25, 0.3) is 0 Å². The van der Waals surface area contributed by atoms with Gasteiger partial charge in [0.05, 0.1) is 13.2 Å². The third-order valence-corrected chi connectivity index (χ3v) is 15.5. The van der Waals surface area contributed by atoms with Gasteiger partial charge in [0.15, 0.2) is 6.10 Å². The Morgan fingerprint density at radius 1 is 0.353 bits per heavy atom. The number of ether oxygens (including phenoxy) is 2. The van der Waals surface area contributed by atoms with E-state index >= 15 is 0 Å². The van der Waals surface area contributed by atoms with E-state index in [0.717, 1.165) is 109 Å². The minimum atomic E-state index is -4.40. The second-order valence-corrected chi connectivity index (χ2v) is 24.1. The predicted octanol–water partition coefficient (Wildman–Crippen LogP) is 22.9. The van der Waals surface area contributed by atoms with Gasteiger partial charge >= 0.3 is 19.8 Å². The third kappa shape index (κ3) is 69.1. The van der Waals surface area contributed by atoms with Gasteiger partial charge in [0.2, 0.25) is 0 Å². The normalized spacial score (nSPS) is 13.8. The number of phosphoric acid groups is 1. The Bertz CT molecular complexity index is 1860. The summed E-state index contributed by atoms with van der Waals surface area (Å²) in [6.07, 6.45) is 98.2. The van der Waals surface area contributed by atoms with Crippen LogP contribution in [-0.2, 0) is 32.7 Å². The molecule has 2 atom stereocenters. The van der Waals surface area contributed by atoms with Crippen molar-refractivity contribution < 1.29 is 37.6 Å². The average Bonchev–Trinajstić information content (AvgIpc) is 3.52. The number of carbonyl (C=O) groups excluding carboxylic acids is 2. The van der Waals surface area contributed by atoms with Crippen molar-refractivity contribution in [2.24, 2.45) is 5.73 Å². The Kier molecular flexibility index (Phi) is 66.1. The van der Waals surface area contributed by atoms with Crippen LogP contribution in [0.3, 0.4) is 0 Å². The fourth-order valence-electron chi connectivity index (χ4n) is 9.49. The summed E-state index contributed by atoms with van der Waals surface area (Å²) in [7, 11) is -4.40. The third-order valence-electron chi connectivity index (χ3n) is 14.5. The smallest absolute Gasteiger partial charge is 0.462 e. The van der Waals surface area contributed by atoms with E-state index in [9.17, 15) is 19.0 Å². The topological polar surface area (TPSA) is 134 Å². The number of phosphoric ester groups is 1. The Balaban J connectivity index is 3.91. The quantitative estimate of drug-likeness (QED) is 0.0264. The Morgan fingerprint density at radius 2 is 0.612 bits per heavy atom. The standard InChI is InChI=1S/C75H128NO8P/c1-3-5-7-9-11-13-15-17-19-21-23-25-27-29-31-33-34-35-36-37-38-40-42-44-46-48-50-52-54-56-58-60-62-64-66-68-75(78)84-73(72-83-85(79,80)82-70-69-76)71-81-74(77)67-65-63-61-59-57-55-53-51-49-47-45-43-41-39-32-30-28-26-24-22-20-18-16-14-12-10-8-6-4-2/h5-8,11-14,17-20,23-26,29,31,34-35,37-38,73H,3-4,9-10,15-16,21-22,27-28,30,32-33,36,39-72,76H2,1-2H3,(H,79,80)/b7-5-,8-6-,13-11-,14-12-,19-17-,20-18-,25-23-,26-24-,31-29-,35-34-,38-37-. The molecular weight excluding hydrogens is 1070 g/mol. The molecule has 0 rings (SSSR count). The lowest BCUT2D eigenvalue weighted by molar-refractivity contribution is -0.161. The van der Waals surface area contributed by atoms with Crippen molar-refractivity contribution in [1.82, 2.24) is 0 Å². The van der Waals surface area contributed by atoms with Gasteiger partial charge in [0, 0.05) is 19.4 Å². The van der Waals surface area contributed by atoms with Gasteiger partial charge in [-0.3, -0.25) is 18.6 Å². The van der Waals surface area contributed by atoms with Crippen LogP contribution in [-0.4, -0.2) is 49.3 Å². The number of nitrogens with two attached hydrogens (primary N) is 1. The number of rotatable bonds is 64. The lowest BCUT2D eigenvalue weighted by atomic mass is 10.0. The highest BCUT2D eigenvalue weighted by atomic mass is 31.2. The molecule has 85 heavy (non-hydrogen) atoms. The number of unbranched alkanes of at least 4 members (excludes halogenated alkanes) is 29. The van der Waals surface area contributed by atoms with E-state index in [-0.39, 0.29) is 38.6 Å². The summed E-state index contributed by atoms with van der Waals surface area (Å²) in [5.74, 6) is -0.826. The van der Waals surface area contributed by atoms with Crippen molar-refractivity contribution in [2.75, 3.05) is 26.4 Å². The maximum absolute atomic E-state index is 12.8. The van der Waals surface area contributed by atoms with Crippen LogP contribution in [0.4, 0.5) is 0 Å². The number of hydrogen-bond acceptors (Lipinski definition) is 8. The fourth-order valence-corrected chi connectivity index (χ4v) is 10.3. The van der Waals surface area contributed by atoms with E-state index in [1.807, 2.05) is 0 Å². The molecule has 0 aromatic heterocycles. The Morgan fingerprint density at radius 3 is 0.906 bits per heavy atom. The maximum atomic E-state index is 12.8. The molecule has 0 radical (unpaired) electrons. The van der Waals surface area contributed by atoms with Gasteiger partial charge in [0.1, 0.15) is 6.61 Å². The summed E-state index contributed by atoms with van der Waals surface area (Å²) >= 11 is 0. The minimum absolute atomic E-state index is 0.0489. The molecule has 2 unspecified atom stereocenters. The van der Waals surface area contributed by atoms with Crippen LogP contribution in [0.1, 0.15) is 296 Å². The molecule has 0 aromatic rings. The summed E-state index contributed by atoms with van der Waals surface area (Å²) in [4.78, 5) is 35.4. The van der Waals surface area contributed by atoms with Gasteiger partial charge in [-0.1, -0.05) is 308 Å². The minimum Gasteiger partial charge on any atom is -0.462 e. The molecule has 9 nitrogen and oxygen atoms in total. The van der Waals surface area contributed by atoms with Crippen LogP contribution >= 0.6 is 7.82 Å². The second kappa shape index (κ2) is 69.3. The van der Waals surface area contributed by atoms with Crippen molar-refractivity contribution in [3.05, 3.63) is 134 Å². The zero-order valence-corrected chi connectivity index (χ0v) is 55.4. The summed E-state index contributed by atoms with van der Waals surface area (Å²) in [5.41, 5.74) is 5.40. The van der Waals surface area contributed by atoms with Crippen LogP contribution in [0.5, 0.6) is 0 Å². The molecule has 0 saturated carbocycles. The summed E-state index contributed by atoms with van der Waals surface area (Å²) in [5, 5.41) is 0. The van der Waals surface area contributed by atoms with E-state index in [4.69, 9.17) is 24.3 Å². The highest BCUT2D eigenvalue weighted by molar-refractivity contribution is 7.47. The van der Waals surface area contributed by atoms with E-state index in [0.29, 0.717) is 6.42 Å². The molecule has 0 bridgehead atoms. The predicted molar refractivity (Wildman–Crippen MR) is 367 cm³/mol. The van der Waals surface area contributed by atoms with Crippen LogP contribution < -0.4 is 5.73 Å². The Labute approximate surface area is 523 Å². The van der Waals surface area contributed by atoms with Crippen molar-refractivity contribution in [1.29, 1.82) is 0 Å². The first-order valence-electron chi connectivity index (χ1n) is 34.7. The zero-order valence-electron chi connectivity index (χ0n) is 54.5.